The maximum absolute atomic E-state index is 13.0. The van der Waals surface area contributed by atoms with Crippen molar-refractivity contribution in [2.75, 3.05) is 13.1 Å². The van der Waals surface area contributed by atoms with Gasteiger partial charge in [0, 0.05) is 31.3 Å². The number of aromatic nitrogens is 4. The van der Waals surface area contributed by atoms with Gasteiger partial charge in [-0.1, -0.05) is 47.6 Å². The number of aryl methyl sites for hydroxylation is 1. The van der Waals surface area contributed by atoms with Gasteiger partial charge in [-0.25, -0.2) is 0 Å². The summed E-state index contributed by atoms with van der Waals surface area (Å²) in [4.78, 5) is 18.8. The smallest absolute Gasteiger partial charge is 0.339 e. The van der Waals surface area contributed by atoms with Crippen molar-refractivity contribution in [3.8, 4) is 22.6 Å². The Balaban J connectivity index is 1.27. The molecule has 0 bridgehead atoms. The summed E-state index contributed by atoms with van der Waals surface area (Å²) in [6.07, 6.45) is -4.45. The fourth-order valence-electron chi connectivity index (χ4n) is 3.73. The summed E-state index contributed by atoms with van der Waals surface area (Å²) in [6, 6.07) is 16.1. The van der Waals surface area contributed by atoms with Crippen LogP contribution in [0.15, 0.2) is 65.2 Å². The van der Waals surface area contributed by atoms with E-state index in [4.69, 9.17) is 4.52 Å². The molecule has 2 aromatic heterocycles. The quantitative estimate of drug-likeness (QED) is 0.458. The zero-order valence-corrected chi connectivity index (χ0v) is 17.5. The molecule has 2 aromatic carbocycles. The lowest BCUT2D eigenvalue weighted by Gasteiger charge is -2.36. The van der Waals surface area contributed by atoms with Gasteiger partial charge < -0.3 is 9.42 Å². The highest BCUT2D eigenvalue weighted by molar-refractivity contribution is 5.94. The Morgan fingerprint density at radius 3 is 2.48 bits per heavy atom. The highest BCUT2D eigenvalue weighted by Crippen LogP contribution is 2.33. The molecule has 0 N–H and O–H groups in total. The van der Waals surface area contributed by atoms with Crippen molar-refractivity contribution in [1.82, 2.24) is 24.8 Å². The number of nitrogens with zero attached hydrogens (tertiary/aromatic N) is 5. The normalized spacial score (nSPS) is 14.4. The summed E-state index contributed by atoms with van der Waals surface area (Å²) in [5.74, 6) is 0.0327. The standard InChI is InChI=1S/C23H18F3N5O2/c1-30-19(11-18(28-30)14-6-3-2-4-7-14)22(32)31-12-16(13-31)21-27-20(29-33-21)15-8-5-9-17(10-15)23(24,25)26/h2-11,16H,12-13H2,1H3. The van der Waals surface area contributed by atoms with Gasteiger partial charge in [0.1, 0.15) is 5.69 Å². The molecule has 0 unspecified atom stereocenters. The van der Waals surface area contributed by atoms with Crippen molar-refractivity contribution in [2.45, 2.75) is 12.1 Å². The van der Waals surface area contributed by atoms with Crippen molar-refractivity contribution in [2.24, 2.45) is 7.05 Å². The first-order chi connectivity index (χ1) is 15.8. The molecule has 3 heterocycles. The van der Waals surface area contributed by atoms with Gasteiger partial charge in [-0.05, 0) is 18.2 Å². The molecular formula is C23H18F3N5O2. The van der Waals surface area contributed by atoms with E-state index in [1.54, 1.807) is 22.7 Å². The summed E-state index contributed by atoms with van der Waals surface area (Å²) in [7, 11) is 1.72. The fourth-order valence-corrected chi connectivity index (χ4v) is 3.73. The number of alkyl halides is 3. The first-order valence-electron chi connectivity index (χ1n) is 10.2. The Morgan fingerprint density at radius 1 is 1.03 bits per heavy atom. The first-order valence-corrected chi connectivity index (χ1v) is 10.2. The van der Waals surface area contributed by atoms with Crippen molar-refractivity contribution in [1.29, 1.82) is 0 Å². The van der Waals surface area contributed by atoms with Crippen LogP contribution in [0.2, 0.25) is 0 Å². The molecule has 0 atom stereocenters. The van der Waals surface area contributed by atoms with Crippen LogP contribution in [0.4, 0.5) is 13.2 Å². The number of likely N-dealkylation sites (tertiary alicyclic amines) is 1. The zero-order chi connectivity index (χ0) is 23.2. The second kappa shape index (κ2) is 7.88. The van der Waals surface area contributed by atoms with Gasteiger partial charge in [0.25, 0.3) is 5.91 Å². The van der Waals surface area contributed by atoms with Crippen LogP contribution in [-0.4, -0.2) is 43.8 Å². The van der Waals surface area contributed by atoms with E-state index in [9.17, 15) is 18.0 Å². The van der Waals surface area contributed by atoms with Crippen LogP contribution >= 0.6 is 0 Å². The van der Waals surface area contributed by atoms with Crippen molar-refractivity contribution in [3.05, 3.63) is 77.8 Å². The Kier molecular flexibility index (Phi) is 4.99. The minimum Gasteiger partial charge on any atom is -0.339 e. The van der Waals surface area contributed by atoms with Crippen LogP contribution in [0.25, 0.3) is 22.6 Å². The molecule has 1 fully saturated rings. The predicted molar refractivity (Wildman–Crippen MR) is 112 cm³/mol. The number of benzene rings is 2. The molecule has 0 aliphatic carbocycles. The molecular weight excluding hydrogens is 435 g/mol. The SMILES string of the molecule is Cn1nc(-c2ccccc2)cc1C(=O)N1CC(c2nc(-c3cccc(C(F)(F)F)c3)no2)C1. The molecule has 4 aromatic rings. The van der Waals surface area contributed by atoms with Crippen LogP contribution < -0.4 is 0 Å². The van der Waals surface area contributed by atoms with Crippen LogP contribution in [0, 0.1) is 0 Å². The average molecular weight is 453 g/mol. The van der Waals surface area contributed by atoms with Crippen molar-refractivity contribution >= 4 is 5.91 Å². The van der Waals surface area contributed by atoms with Gasteiger partial charge >= 0.3 is 6.18 Å². The summed E-state index contributed by atoms with van der Waals surface area (Å²) in [5, 5.41) is 8.25. The second-order valence-electron chi connectivity index (χ2n) is 7.85. The third kappa shape index (κ3) is 3.99. The molecule has 5 rings (SSSR count). The highest BCUT2D eigenvalue weighted by Gasteiger charge is 2.37. The predicted octanol–water partition coefficient (Wildman–Crippen LogP) is 4.40. The Hall–Kier alpha value is -3.95. The maximum atomic E-state index is 13.0. The number of amides is 1. The molecule has 168 valence electrons. The number of carbonyl (C=O) groups is 1. The summed E-state index contributed by atoms with van der Waals surface area (Å²) < 4.78 is 45.7. The topological polar surface area (TPSA) is 77.1 Å². The summed E-state index contributed by atoms with van der Waals surface area (Å²) in [6.45, 7) is 0.740. The third-order valence-corrected chi connectivity index (χ3v) is 5.58. The van der Waals surface area contributed by atoms with E-state index in [-0.39, 0.29) is 23.2 Å². The number of rotatable bonds is 4. The number of hydrogen-bond donors (Lipinski definition) is 0. The molecule has 7 nitrogen and oxygen atoms in total. The lowest BCUT2D eigenvalue weighted by atomic mass is 9.99. The molecule has 10 heteroatoms. The van der Waals surface area contributed by atoms with Crippen LogP contribution in [0.1, 0.15) is 27.9 Å². The van der Waals surface area contributed by atoms with Crippen LogP contribution in [0.5, 0.6) is 0 Å². The molecule has 1 saturated heterocycles. The first kappa shape index (κ1) is 20.9. The van der Waals surface area contributed by atoms with E-state index in [1.807, 2.05) is 30.3 Å². The monoisotopic (exact) mass is 453 g/mol. The molecule has 0 radical (unpaired) electrons. The van der Waals surface area contributed by atoms with Gasteiger partial charge in [0.15, 0.2) is 0 Å². The molecule has 1 amide bonds. The third-order valence-electron chi connectivity index (χ3n) is 5.58. The average Bonchev–Trinajstić information content (AvgIpc) is 3.40. The van der Waals surface area contributed by atoms with E-state index >= 15 is 0 Å². The Labute approximate surface area is 186 Å². The van der Waals surface area contributed by atoms with Gasteiger partial charge in [-0.2, -0.15) is 23.3 Å². The van der Waals surface area contributed by atoms with Gasteiger partial charge in [0.05, 0.1) is 17.2 Å². The van der Waals surface area contributed by atoms with Gasteiger partial charge in [-0.15, -0.1) is 0 Å². The Morgan fingerprint density at radius 2 is 1.76 bits per heavy atom. The number of carbonyl (C=O) groups excluding carboxylic acids is 1. The molecule has 1 aliphatic rings. The maximum Gasteiger partial charge on any atom is 0.416 e. The van der Waals surface area contributed by atoms with E-state index in [1.165, 1.54) is 12.1 Å². The highest BCUT2D eigenvalue weighted by atomic mass is 19.4. The van der Waals surface area contributed by atoms with E-state index in [2.05, 4.69) is 15.2 Å². The largest absolute Gasteiger partial charge is 0.416 e. The van der Waals surface area contributed by atoms with E-state index < -0.39 is 11.7 Å². The van der Waals surface area contributed by atoms with E-state index in [0.717, 1.165) is 17.7 Å². The van der Waals surface area contributed by atoms with Gasteiger partial charge in [-0.3, -0.25) is 9.48 Å². The van der Waals surface area contributed by atoms with Crippen molar-refractivity contribution in [3.63, 3.8) is 0 Å². The second-order valence-corrected chi connectivity index (χ2v) is 7.85. The molecule has 0 spiro atoms. The lowest BCUT2D eigenvalue weighted by molar-refractivity contribution is -0.137. The minimum atomic E-state index is -4.45. The molecule has 1 aliphatic heterocycles. The van der Waals surface area contributed by atoms with E-state index in [0.29, 0.717) is 30.4 Å². The summed E-state index contributed by atoms with van der Waals surface area (Å²) >= 11 is 0. The van der Waals surface area contributed by atoms with Crippen LogP contribution in [0.3, 0.4) is 0 Å². The molecule has 0 saturated carbocycles. The summed E-state index contributed by atoms with van der Waals surface area (Å²) in [5.41, 5.74) is 1.53. The fraction of sp³-hybridized carbons (Fsp3) is 0.217. The van der Waals surface area contributed by atoms with Crippen molar-refractivity contribution < 1.29 is 22.5 Å². The zero-order valence-electron chi connectivity index (χ0n) is 17.5. The lowest BCUT2D eigenvalue weighted by Crippen LogP contribution is -2.49. The van der Waals surface area contributed by atoms with Crippen LogP contribution in [-0.2, 0) is 13.2 Å². The number of hydrogen-bond acceptors (Lipinski definition) is 5. The molecule has 33 heavy (non-hydrogen) atoms. The number of halogens is 3. The minimum absolute atomic E-state index is 0.0833. The Bertz CT molecular complexity index is 1310. The van der Waals surface area contributed by atoms with Gasteiger partial charge in [0.2, 0.25) is 11.7 Å².